The van der Waals surface area contributed by atoms with Gasteiger partial charge in [-0.1, -0.05) is 0 Å². The highest BCUT2D eigenvalue weighted by Crippen LogP contribution is 2.34. The highest BCUT2D eigenvalue weighted by atomic mass is 32.1. The molecule has 2 N–H and O–H groups in total. The Kier molecular flexibility index (Phi) is 5.34. The summed E-state index contributed by atoms with van der Waals surface area (Å²) in [5.74, 6) is 0.658. The maximum Gasteiger partial charge on any atom is 0.259 e. The van der Waals surface area contributed by atoms with Crippen molar-refractivity contribution in [3.8, 4) is 0 Å². The second-order valence-corrected chi connectivity index (χ2v) is 7.77. The Bertz CT molecular complexity index is 768. The number of hydrogen-bond donors (Lipinski definition) is 2. The first-order valence-electron chi connectivity index (χ1n) is 8.44. The maximum absolute atomic E-state index is 12.5. The van der Waals surface area contributed by atoms with Crippen LogP contribution in [0.25, 0.3) is 10.2 Å². The van der Waals surface area contributed by atoms with E-state index in [1.807, 2.05) is 0 Å². The molecule has 1 atom stereocenters. The number of H-pyrrole nitrogens is 1. The van der Waals surface area contributed by atoms with Crippen molar-refractivity contribution in [1.82, 2.24) is 14.9 Å². The van der Waals surface area contributed by atoms with Crippen LogP contribution >= 0.6 is 11.3 Å². The van der Waals surface area contributed by atoms with Crippen LogP contribution in [0.5, 0.6) is 0 Å². The molecule has 132 valence electrons. The summed E-state index contributed by atoms with van der Waals surface area (Å²) in [4.78, 5) is 24.4. The molecule has 0 amide bonds. The average molecular weight is 351 g/mol. The highest BCUT2D eigenvalue weighted by molar-refractivity contribution is 7.18. The van der Waals surface area contributed by atoms with Crippen molar-refractivity contribution in [3.63, 3.8) is 0 Å². The number of nitrogens with one attached hydrogen (secondary N) is 1. The fourth-order valence-corrected chi connectivity index (χ4v) is 4.57. The smallest absolute Gasteiger partial charge is 0.259 e. The fourth-order valence-electron chi connectivity index (χ4n) is 3.29. The molecule has 0 bridgehead atoms. The summed E-state index contributed by atoms with van der Waals surface area (Å²) in [5, 5.41) is 10.8. The predicted molar refractivity (Wildman–Crippen MR) is 95.7 cm³/mol. The van der Waals surface area contributed by atoms with Crippen LogP contribution in [0.15, 0.2) is 4.79 Å². The minimum absolute atomic E-state index is 0.0319. The molecule has 1 aliphatic carbocycles. The van der Waals surface area contributed by atoms with Gasteiger partial charge < -0.3 is 14.8 Å². The Morgan fingerprint density at radius 2 is 2.21 bits per heavy atom. The van der Waals surface area contributed by atoms with Gasteiger partial charge in [-0.05, 0) is 38.7 Å². The number of aliphatic hydroxyl groups excluding tert-OH is 1. The van der Waals surface area contributed by atoms with E-state index in [1.54, 1.807) is 18.4 Å². The third-order valence-electron chi connectivity index (χ3n) is 4.51. The van der Waals surface area contributed by atoms with E-state index in [-0.39, 0.29) is 11.6 Å². The molecule has 0 saturated carbocycles. The van der Waals surface area contributed by atoms with E-state index in [4.69, 9.17) is 4.74 Å². The standard InChI is InChI=1S/C17H25N3O3S/c1-10(2)20(7-11(21)9-23-3)8-14-18-16(22)15-12-5-4-6-13(12)24-17(15)19-14/h10-11,21H,4-9H2,1-3H3,(H,18,19,22). The van der Waals surface area contributed by atoms with Gasteiger partial charge in [0.1, 0.15) is 10.7 Å². The summed E-state index contributed by atoms with van der Waals surface area (Å²) in [5.41, 5.74) is 1.17. The van der Waals surface area contributed by atoms with E-state index < -0.39 is 6.10 Å². The van der Waals surface area contributed by atoms with Crippen LogP contribution in [-0.4, -0.2) is 52.4 Å². The Hall–Kier alpha value is -1.28. The lowest BCUT2D eigenvalue weighted by atomic mass is 10.2. The van der Waals surface area contributed by atoms with Gasteiger partial charge in [0.15, 0.2) is 0 Å². The molecule has 0 spiro atoms. The average Bonchev–Trinajstić information content (AvgIpc) is 3.06. The molecule has 0 aromatic carbocycles. The second-order valence-electron chi connectivity index (χ2n) is 6.68. The summed E-state index contributed by atoms with van der Waals surface area (Å²) >= 11 is 1.65. The van der Waals surface area contributed by atoms with Crippen molar-refractivity contribution in [3.05, 3.63) is 26.6 Å². The monoisotopic (exact) mass is 351 g/mol. The number of fused-ring (bicyclic) bond motifs is 3. The van der Waals surface area contributed by atoms with Gasteiger partial charge in [0.25, 0.3) is 5.56 Å². The van der Waals surface area contributed by atoms with E-state index in [0.717, 1.165) is 29.5 Å². The van der Waals surface area contributed by atoms with Crippen LogP contribution < -0.4 is 5.56 Å². The fraction of sp³-hybridized carbons (Fsp3) is 0.647. The minimum Gasteiger partial charge on any atom is -0.389 e. The first kappa shape index (κ1) is 17.5. The molecule has 2 heterocycles. The normalized spacial score (nSPS) is 15.6. The third kappa shape index (κ3) is 3.54. The largest absolute Gasteiger partial charge is 0.389 e. The van der Waals surface area contributed by atoms with Crippen LogP contribution in [0.2, 0.25) is 0 Å². The van der Waals surface area contributed by atoms with Gasteiger partial charge in [-0.15, -0.1) is 11.3 Å². The van der Waals surface area contributed by atoms with E-state index in [2.05, 4.69) is 28.7 Å². The van der Waals surface area contributed by atoms with E-state index in [0.29, 0.717) is 25.5 Å². The minimum atomic E-state index is -0.557. The number of ether oxygens (including phenoxy) is 1. The zero-order valence-electron chi connectivity index (χ0n) is 14.5. The van der Waals surface area contributed by atoms with E-state index >= 15 is 0 Å². The quantitative estimate of drug-likeness (QED) is 0.794. The molecule has 24 heavy (non-hydrogen) atoms. The van der Waals surface area contributed by atoms with Crippen LogP contribution in [0, 0.1) is 0 Å². The highest BCUT2D eigenvalue weighted by Gasteiger charge is 2.22. The molecular formula is C17H25N3O3S. The summed E-state index contributed by atoms with van der Waals surface area (Å²) in [6, 6.07) is 0.228. The van der Waals surface area contributed by atoms with Crippen LogP contribution in [-0.2, 0) is 24.1 Å². The van der Waals surface area contributed by atoms with Gasteiger partial charge in [0, 0.05) is 24.6 Å². The van der Waals surface area contributed by atoms with Crippen LogP contribution in [0.1, 0.15) is 36.5 Å². The van der Waals surface area contributed by atoms with Crippen molar-refractivity contribution in [2.45, 2.75) is 51.8 Å². The SMILES string of the molecule is COCC(O)CN(Cc1nc2sc3c(c2c(=O)[nH]1)CCC3)C(C)C. The lowest BCUT2D eigenvalue weighted by Crippen LogP contribution is -2.39. The first-order valence-corrected chi connectivity index (χ1v) is 9.25. The van der Waals surface area contributed by atoms with Crippen molar-refractivity contribution in [1.29, 1.82) is 0 Å². The van der Waals surface area contributed by atoms with Crippen LogP contribution in [0.3, 0.4) is 0 Å². The number of aromatic nitrogens is 2. The Morgan fingerprint density at radius 1 is 1.42 bits per heavy atom. The molecule has 3 rings (SSSR count). The Morgan fingerprint density at radius 3 is 2.92 bits per heavy atom. The number of hydrogen-bond acceptors (Lipinski definition) is 6. The van der Waals surface area contributed by atoms with Gasteiger partial charge in [-0.25, -0.2) is 4.98 Å². The first-order chi connectivity index (χ1) is 11.5. The lowest BCUT2D eigenvalue weighted by molar-refractivity contribution is 0.0272. The number of nitrogens with zero attached hydrogens (tertiary/aromatic N) is 2. The Balaban J connectivity index is 1.84. The van der Waals surface area contributed by atoms with Gasteiger partial charge in [0.05, 0.1) is 24.6 Å². The molecule has 1 aliphatic rings. The molecule has 2 aromatic heterocycles. The van der Waals surface area contributed by atoms with Crippen molar-refractivity contribution in [2.24, 2.45) is 0 Å². The summed E-state index contributed by atoms with van der Waals surface area (Å²) in [6.45, 7) is 5.41. The summed E-state index contributed by atoms with van der Waals surface area (Å²) in [6.07, 6.45) is 2.63. The zero-order valence-corrected chi connectivity index (χ0v) is 15.3. The van der Waals surface area contributed by atoms with Crippen LogP contribution in [0.4, 0.5) is 0 Å². The predicted octanol–water partition coefficient (Wildman–Crippen LogP) is 1.69. The van der Waals surface area contributed by atoms with Gasteiger partial charge in [0.2, 0.25) is 0 Å². The summed E-state index contributed by atoms with van der Waals surface area (Å²) in [7, 11) is 1.58. The molecule has 6 nitrogen and oxygen atoms in total. The van der Waals surface area contributed by atoms with Crippen molar-refractivity contribution in [2.75, 3.05) is 20.3 Å². The third-order valence-corrected chi connectivity index (χ3v) is 5.70. The zero-order chi connectivity index (χ0) is 17.3. The van der Waals surface area contributed by atoms with Gasteiger partial charge in [-0.2, -0.15) is 0 Å². The second kappa shape index (κ2) is 7.31. The lowest BCUT2D eigenvalue weighted by Gasteiger charge is -2.27. The number of rotatable bonds is 7. The molecule has 0 aliphatic heterocycles. The molecule has 0 saturated heterocycles. The molecule has 1 unspecified atom stereocenters. The molecule has 0 fully saturated rings. The van der Waals surface area contributed by atoms with Gasteiger partial charge >= 0.3 is 0 Å². The molecule has 7 heteroatoms. The Labute approximate surface area is 145 Å². The summed E-state index contributed by atoms with van der Waals surface area (Å²) < 4.78 is 5.00. The van der Waals surface area contributed by atoms with Crippen molar-refractivity contribution >= 4 is 21.6 Å². The number of methoxy groups -OCH3 is 1. The number of thiophene rings is 1. The van der Waals surface area contributed by atoms with Gasteiger partial charge in [-0.3, -0.25) is 9.69 Å². The van der Waals surface area contributed by atoms with E-state index in [9.17, 15) is 9.90 Å². The van der Waals surface area contributed by atoms with Crippen molar-refractivity contribution < 1.29 is 9.84 Å². The maximum atomic E-state index is 12.5. The molecule has 2 aromatic rings. The number of aromatic amines is 1. The molecular weight excluding hydrogens is 326 g/mol. The van der Waals surface area contributed by atoms with E-state index in [1.165, 1.54) is 10.4 Å². The topological polar surface area (TPSA) is 78.5 Å². The number of aliphatic hydroxyl groups is 1. The molecule has 0 radical (unpaired) electrons. The number of aryl methyl sites for hydroxylation is 2.